The zero-order chi connectivity index (χ0) is 32.1. The van der Waals surface area contributed by atoms with Crippen molar-refractivity contribution in [3.8, 4) is 0 Å². The van der Waals surface area contributed by atoms with Crippen LogP contribution < -0.4 is 4.46 Å². The number of benzene rings is 1. The number of halogens is 1. The van der Waals surface area contributed by atoms with Crippen LogP contribution in [0.25, 0.3) is 0 Å². The molecular weight excluding hydrogens is 715 g/mol. The molecule has 1 saturated carbocycles. The van der Waals surface area contributed by atoms with Gasteiger partial charge in [-0.1, -0.05) is 26.2 Å². The number of carbonyl (C=O) groups is 1. The van der Waals surface area contributed by atoms with Crippen LogP contribution in [0.1, 0.15) is 96.8 Å². The number of esters is 1. The Hall–Kier alpha value is -0.771. The first-order chi connectivity index (χ1) is 22.5. The van der Waals surface area contributed by atoms with E-state index in [1.807, 2.05) is 18.2 Å². The first-order valence-electron chi connectivity index (χ1n) is 17.9. The maximum absolute atomic E-state index is 12.7. The van der Waals surface area contributed by atoms with Gasteiger partial charge < -0.3 is 4.74 Å². The van der Waals surface area contributed by atoms with Gasteiger partial charge in [0.25, 0.3) is 0 Å². The quantitative estimate of drug-likeness (QED) is 0.0543. The molecule has 1 aromatic carbocycles. The zero-order valence-electron chi connectivity index (χ0n) is 27.8. The first-order valence-corrected chi connectivity index (χ1v) is 20.6. The number of fused-ring (bicyclic) bond motifs is 1. The molecule has 1 aromatic rings. The van der Waals surface area contributed by atoms with Crippen molar-refractivity contribution in [2.75, 3.05) is 20.3 Å². The topological polar surface area (TPSA) is 72.5 Å². The average molecular weight is 771 g/mol. The molecule has 0 amide bonds. The first kappa shape index (κ1) is 36.5. The third-order valence-corrected chi connectivity index (χ3v) is 13.6. The summed E-state index contributed by atoms with van der Waals surface area (Å²) in [4.78, 5) is 12.8. The van der Waals surface area contributed by atoms with Gasteiger partial charge in [-0.2, -0.15) is 0 Å². The van der Waals surface area contributed by atoms with Crippen molar-refractivity contribution in [2.45, 2.75) is 143 Å². The Bertz CT molecular complexity index is 1050. The number of methoxy groups -OCH3 is 1. The van der Waals surface area contributed by atoms with Crippen molar-refractivity contribution in [1.82, 2.24) is 0 Å². The Morgan fingerprint density at radius 2 is 1.76 bits per heavy atom. The van der Waals surface area contributed by atoms with Crippen molar-refractivity contribution in [3.63, 3.8) is 0 Å². The molecule has 3 saturated heterocycles. The second-order valence-corrected chi connectivity index (χ2v) is 17.1. The van der Waals surface area contributed by atoms with Gasteiger partial charge in [-0.15, -0.1) is 0 Å². The molecule has 0 aromatic heterocycles. The van der Waals surface area contributed by atoms with Crippen LogP contribution in [0, 0.1) is 11.8 Å². The molecule has 258 valence electrons. The minimum absolute atomic E-state index is 0.0220. The summed E-state index contributed by atoms with van der Waals surface area (Å²) in [5.74, 6) is 0.508. The number of hydrogen-bond donors (Lipinski definition) is 0. The van der Waals surface area contributed by atoms with E-state index in [9.17, 15) is 4.79 Å². The normalized spacial score (nSPS) is 31.8. The molecule has 3 aliphatic heterocycles. The Labute approximate surface area is 291 Å². The van der Waals surface area contributed by atoms with E-state index >= 15 is 0 Å². The van der Waals surface area contributed by atoms with E-state index in [1.54, 1.807) is 0 Å². The summed E-state index contributed by atoms with van der Waals surface area (Å²) >= 11 is 4.01. The number of alkyl halides is 1. The fraction of sp³-hybridized carbons (Fsp3) is 0.757. The third kappa shape index (κ3) is 10.9. The number of rotatable bonds is 17. The molecule has 3 heterocycles. The van der Waals surface area contributed by atoms with Crippen LogP contribution in [0.5, 0.6) is 0 Å². The van der Waals surface area contributed by atoms with E-state index in [0.717, 1.165) is 83.8 Å². The van der Waals surface area contributed by atoms with Gasteiger partial charge in [-0.05, 0) is 32.1 Å². The van der Waals surface area contributed by atoms with Crippen LogP contribution in [-0.4, -0.2) is 83.1 Å². The molecule has 7 nitrogen and oxygen atoms in total. The van der Waals surface area contributed by atoms with Gasteiger partial charge in [0.1, 0.15) is 0 Å². The van der Waals surface area contributed by atoms with Gasteiger partial charge in [0.05, 0.1) is 0 Å². The molecule has 9 heteroatoms. The minimum atomic E-state index is -0.123. The van der Waals surface area contributed by atoms with Crippen molar-refractivity contribution < 1.29 is 33.2 Å². The van der Waals surface area contributed by atoms with E-state index in [-0.39, 0.29) is 73.5 Å². The second kappa shape index (κ2) is 19.4. The Balaban J connectivity index is 1.23. The average Bonchev–Trinajstić information content (AvgIpc) is 3.64. The summed E-state index contributed by atoms with van der Waals surface area (Å²) in [6.45, 7) is 3.82. The molecule has 10 atom stereocenters. The molecule has 0 spiro atoms. The zero-order valence-corrected chi connectivity index (χ0v) is 31.1. The summed E-state index contributed by atoms with van der Waals surface area (Å²) in [5.41, 5.74) is 0. The van der Waals surface area contributed by atoms with Crippen LogP contribution in [0.15, 0.2) is 42.5 Å². The van der Waals surface area contributed by atoms with E-state index in [0.29, 0.717) is 5.92 Å². The molecule has 0 radical (unpaired) electrons. The molecule has 1 aliphatic carbocycles. The maximum atomic E-state index is 12.7. The fourth-order valence-corrected chi connectivity index (χ4v) is 10.2. The molecule has 5 rings (SSSR count). The third-order valence-electron chi connectivity index (χ3n) is 9.88. The summed E-state index contributed by atoms with van der Waals surface area (Å²) in [6.07, 6.45) is 19.4. The monoisotopic (exact) mass is 770 g/mol. The van der Waals surface area contributed by atoms with Crippen LogP contribution in [0.4, 0.5) is 0 Å². The van der Waals surface area contributed by atoms with E-state index < -0.39 is 0 Å². The van der Waals surface area contributed by atoms with Crippen molar-refractivity contribution in [3.05, 3.63) is 42.5 Å². The van der Waals surface area contributed by atoms with Crippen LogP contribution in [0.2, 0.25) is 4.82 Å². The molecule has 46 heavy (non-hydrogen) atoms. The number of carbonyl (C=O) groups excluding carboxylic acids is 1. The number of unbranched alkanes of at least 4 members (excludes halogenated alkanes) is 2. The van der Waals surface area contributed by atoms with Gasteiger partial charge >= 0.3 is 210 Å². The van der Waals surface area contributed by atoms with Crippen molar-refractivity contribution in [2.24, 2.45) is 11.8 Å². The predicted octanol–water partition coefficient (Wildman–Crippen LogP) is 7.28. The predicted molar refractivity (Wildman–Crippen MR) is 185 cm³/mol. The summed E-state index contributed by atoms with van der Waals surface area (Å²) in [5, 5.41) is 0. The van der Waals surface area contributed by atoms with Gasteiger partial charge in [-0.3, -0.25) is 0 Å². The van der Waals surface area contributed by atoms with Crippen molar-refractivity contribution in [1.29, 1.82) is 0 Å². The summed E-state index contributed by atoms with van der Waals surface area (Å²) in [7, 11) is 1.50. The van der Waals surface area contributed by atoms with Gasteiger partial charge in [0.2, 0.25) is 0 Å². The SMILES string of the molecule is CCCCC[C@@H](/C=C/[C@@H]1[C@H]2CC(C(Br)CCC([Se]c3ccccc3)C(=O)OC)O[C@@H]2C[C@H]1OC1CCCCO1)OC1CCCCO1. The molecule has 0 bridgehead atoms. The smallest absolute Gasteiger partial charge is 0.353 e. The summed E-state index contributed by atoms with van der Waals surface area (Å²) < 4.78 is 38.4. The molecule has 0 N–H and O–H groups in total. The minimum Gasteiger partial charge on any atom is -0.353 e. The van der Waals surface area contributed by atoms with Gasteiger partial charge in [0, 0.05) is 13.2 Å². The van der Waals surface area contributed by atoms with Crippen LogP contribution >= 0.6 is 15.9 Å². The Morgan fingerprint density at radius 3 is 2.46 bits per heavy atom. The van der Waals surface area contributed by atoms with Crippen LogP contribution in [-0.2, 0) is 33.2 Å². The van der Waals surface area contributed by atoms with Gasteiger partial charge in [0.15, 0.2) is 6.29 Å². The van der Waals surface area contributed by atoms with E-state index in [1.165, 1.54) is 30.8 Å². The number of hydrogen-bond acceptors (Lipinski definition) is 7. The number of ether oxygens (including phenoxy) is 6. The van der Waals surface area contributed by atoms with Crippen LogP contribution in [0.3, 0.4) is 0 Å². The Morgan fingerprint density at radius 1 is 1.00 bits per heavy atom. The molecule has 4 aliphatic rings. The Kier molecular flexibility index (Phi) is 15.4. The van der Waals surface area contributed by atoms with E-state index in [2.05, 4.69) is 47.1 Å². The fourth-order valence-electron chi connectivity index (χ4n) is 7.34. The molecule has 4 fully saturated rings. The van der Waals surface area contributed by atoms with Gasteiger partial charge in [-0.25, -0.2) is 0 Å². The second-order valence-electron chi connectivity index (χ2n) is 13.3. The summed E-state index contributed by atoms with van der Waals surface area (Å²) in [6, 6.07) is 10.3. The van der Waals surface area contributed by atoms with E-state index in [4.69, 9.17) is 28.4 Å². The standard InChI is InChI=1S/C37H55BrO7Se/c1-3-4-6-13-26(43-35-16-9-11-22-41-35)18-19-28-29-24-33(44-32(29)25-31(28)45-36-17-10-12-23-42-36)30(38)20-21-34(37(39)40-2)46-27-14-7-5-8-15-27/h5,7-8,14-15,18-19,26,28-36H,3-4,6,9-13,16-17,20-25H2,1-2H3/b19-18+/t26-,28+,29+,30?,31+,32+,33?,34?,35?,36?/m0/s1. The molecule has 5 unspecified atom stereocenters. The molecular formula is C37H55BrO7Se. The van der Waals surface area contributed by atoms with Crippen molar-refractivity contribution >= 4 is 41.3 Å².